The van der Waals surface area contributed by atoms with E-state index in [0.29, 0.717) is 36.9 Å². The third kappa shape index (κ3) is 6.27. The molecule has 0 atom stereocenters. The largest absolute Gasteiger partial charge is 0.486 e. The number of fused-ring (bicyclic) bond motifs is 1. The van der Waals surface area contributed by atoms with Crippen LogP contribution in [0.3, 0.4) is 0 Å². The topological polar surface area (TPSA) is 79.9 Å². The molecule has 0 saturated carbocycles. The van der Waals surface area contributed by atoms with Crippen LogP contribution in [0.1, 0.15) is 12.5 Å². The van der Waals surface area contributed by atoms with Gasteiger partial charge in [0.2, 0.25) is 11.8 Å². The average Bonchev–Trinajstić information content (AvgIpc) is 2.73. The van der Waals surface area contributed by atoms with Crippen molar-refractivity contribution in [3.8, 4) is 11.5 Å². The van der Waals surface area contributed by atoms with Crippen molar-refractivity contribution < 1.29 is 32.2 Å². The summed E-state index contributed by atoms with van der Waals surface area (Å²) < 4.78 is 49.6. The van der Waals surface area contributed by atoms with Gasteiger partial charge in [0, 0.05) is 11.8 Å². The summed E-state index contributed by atoms with van der Waals surface area (Å²) in [5.74, 6) is 0.154. The standard InChI is InChI=1S/C21H21ClF3N3O4/c1-2-28(11-19(29)26-14-4-6-17-18(10-14)32-8-7-31-17)12-20(30)27-16-9-13(21(23,24)25)3-5-15(16)22/h3-6,9-10H,2,7-8,11-12H2,1H3,(H,26,29)(H,27,30). The molecule has 0 saturated heterocycles. The molecule has 2 N–H and O–H groups in total. The van der Waals surface area contributed by atoms with Crippen LogP contribution in [0.15, 0.2) is 36.4 Å². The Labute approximate surface area is 187 Å². The maximum atomic E-state index is 12.9. The van der Waals surface area contributed by atoms with Crippen molar-refractivity contribution in [1.29, 1.82) is 0 Å². The molecule has 2 aromatic rings. The highest BCUT2D eigenvalue weighted by Crippen LogP contribution is 2.34. The second-order valence-corrected chi connectivity index (χ2v) is 7.36. The van der Waals surface area contributed by atoms with Gasteiger partial charge in [-0.3, -0.25) is 14.5 Å². The number of hydrogen-bond donors (Lipinski definition) is 2. The van der Waals surface area contributed by atoms with E-state index in [1.165, 1.54) is 4.90 Å². The monoisotopic (exact) mass is 471 g/mol. The first-order valence-corrected chi connectivity index (χ1v) is 10.1. The lowest BCUT2D eigenvalue weighted by Gasteiger charge is -2.21. The molecular formula is C21H21ClF3N3O4. The molecule has 172 valence electrons. The summed E-state index contributed by atoms with van der Waals surface area (Å²) >= 11 is 5.91. The zero-order chi connectivity index (χ0) is 23.3. The number of anilines is 2. The molecule has 0 aliphatic carbocycles. The van der Waals surface area contributed by atoms with Gasteiger partial charge in [-0.2, -0.15) is 13.2 Å². The van der Waals surface area contributed by atoms with Gasteiger partial charge in [-0.05, 0) is 36.9 Å². The third-order valence-corrected chi connectivity index (χ3v) is 4.90. The molecule has 0 unspecified atom stereocenters. The Morgan fingerprint density at radius 2 is 1.66 bits per heavy atom. The van der Waals surface area contributed by atoms with Crippen LogP contribution in [0.2, 0.25) is 5.02 Å². The number of benzene rings is 2. The van der Waals surface area contributed by atoms with E-state index in [1.54, 1.807) is 25.1 Å². The van der Waals surface area contributed by atoms with Crippen molar-refractivity contribution in [3.63, 3.8) is 0 Å². The molecule has 1 heterocycles. The minimum Gasteiger partial charge on any atom is -0.486 e. The zero-order valence-corrected chi connectivity index (χ0v) is 17.8. The van der Waals surface area contributed by atoms with Gasteiger partial charge >= 0.3 is 6.18 Å². The van der Waals surface area contributed by atoms with Gasteiger partial charge < -0.3 is 20.1 Å². The number of carbonyl (C=O) groups is 2. The Kier molecular flexibility index (Phi) is 7.47. The van der Waals surface area contributed by atoms with Crippen LogP contribution in [0.25, 0.3) is 0 Å². The van der Waals surface area contributed by atoms with Gasteiger partial charge in [0.05, 0.1) is 29.4 Å². The van der Waals surface area contributed by atoms with Gasteiger partial charge in [0.15, 0.2) is 11.5 Å². The van der Waals surface area contributed by atoms with Crippen molar-refractivity contribution in [3.05, 3.63) is 47.0 Å². The highest BCUT2D eigenvalue weighted by molar-refractivity contribution is 6.33. The summed E-state index contributed by atoms with van der Waals surface area (Å²) in [6.07, 6.45) is -4.56. The summed E-state index contributed by atoms with van der Waals surface area (Å²) in [5.41, 5.74) is -0.567. The number of halogens is 4. The molecule has 11 heteroatoms. The fraction of sp³-hybridized carbons (Fsp3) is 0.333. The van der Waals surface area contributed by atoms with Crippen molar-refractivity contribution in [1.82, 2.24) is 4.90 Å². The van der Waals surface area contributed by atoms with Crippen molar-refractivity contribution in [2.45, 2.75) is 13.1 Å². The Balaban J connectivity index is 1.57. The van der Waals surface area contributed by atoms with Crippen LogP contribution in [-0.2, 0) is 15.8 Å². The second-order valence-electron chi connectivity index (χ2n) is 6.95. The fourth-order valence-corrected chi connectivity index (χ4v) is 3.16. The van der Waals surface area contributed by atoms with Crippen LogP contribution < -0.4 is 20.1 Å². The van der Waals surface area contributed by atoms with Gasteiger partial charge in [-0.15, -0.1) is 0 Å². The van der Waals surface area contributed by atoms with E-state index in [2.05, 4.69) is 10.6 Å². The van der Waals surface area contributed by atoms with E-state index in [4.69, 9.17) is 21.1 Å². The van der Waals surface area contributed by atoms with E-state index in [9.17, 15) is 22.8 Å². The lowest BCUT2D eigenvalue weighted by molar-refractivity contribution is -0.137. The molecular weight excluding hydrogens is 451 g/mol. The van der Waals surface area contributed by atoms with E-state index in [0.717, 1.165) is 18.2 Å². The first-order chi connectivity index (χ1) is 15.2. The molecule has 32 heavy (non-hydrogen) atoms. The van der Waals surface area contributed by atoms with E-state index < -0.39 is 17.6 Å². The predicted octanol–water partition coefficient (Wildman–Crippen LogP) is 4.03. The van der Waals surface area contributed by atoms with Crippen molar-refractivity contribution in [2.75, 3.05) is 43.5 Å². The molecule has 0 radical (unpaired) electrons. The molecule has 7 nitrogen and oxygen atoms in total. The van der Waals surface area contributed by atoms with Gasteiger partial charge in [-0.1, -0.05) is 18.5 Å². The normalized spacial score (nSPS) is 13.1. The number of amides is 2. The SMILES string of the molecule is CCN(CC(=O)Nc1ccc2c(c1)OCCO2)CC(=O)Nc1cc(C(F)(F)F)ccc1Cl. The lowest BCUT2D eigenvalue weighted by Crippen LogP contribution is -2.38. The number of carbonyl (C=O) groups excluding carboxylic acids is 2. The minimum absolute atomic E-state index is 0.0225. The van der Waals surface area contributed by atoms with Gasteiger partial charge in [-0.25, -0.2) is 0 Å². The number of alkyl halides is 3. The first kappa shape index (κ1) is 23.7. The number of likely N-dealkylation sites (N-methyl/N-ethyl adjacent to an activating group) is 1. The Bertz CT molecular complexity index is 1000. The van der Waals surface area contributed by atoms with Gasteiger partial charge in [0.1, 0.15) is 13.2 Å². The number of hydrogen-bond acceptors (Lipinski definition) is 5. The highest BCUT2D eigenvalue weighted by Gasteiger charge is 2.31. The maximum Gasteiger partial charge on any atom is 0.416 e. The average molecular weight is 472 g/mol. The Hall–Kier alpha value is -2.98. The molecule has 3 rings (SSSR count). The summed E-state index contributed by atoms with van der Waals surface area (Å²) in [5, 5.41) is 5.07. The van der Waals surface area contributed by atoms with Crippen LogP contribution >= 0.6 is 11.6 Å². The molecule has 1 aliphatic rings. The molecule has 2 amide bonds. The number of rotatable bonds is 7. The van der Waals surface area contributed by atoms with Crippen molar-refractivity contribution in [2.24, 2.45) is 0 Å². The highest BCUT2D eigenvalue weighted by atomic mass is 35.5. The zero-order valence-electron chi connectivity index (χ0n) is 17.1. The summed E-state index contributed by atoms with van der Waals surface area (Å²) in [6, 6.07) is 7.67. The van der Waals surface area contributed by atoms with E-state index >= 15 is 0 Å². The minimum atomic E-state index is -4.56. The summed E-state index contributed by atoms with van der Waals surface area (Å²) in [4.78, 5) is 26.3. The summed E-state index contributed by atoms with van der Waals surface area (Å²) in [7, 11) is 0. The first-order valence-electron chi connectivity index (χ1n) is 9.74. The molecule has 0 aromatic heterocycles. The van der Waals surface area contributed by atoms with Crippen LogP contribution in [0, 0.1) is 0 Å². The molecule has 0 bridgehead atoms. The van der Waals surface area contributed by atoms with E-state index in [1.807, 2.05) is 0 Å². The van der Waals surface area contributed by atoms with Gasteiger partial charge in [0.25, 0.3) is 0 Å². The Morgan fingerprint density at radius 1 is 1.00 bits per heavy atom. The molecule has 1 aliphatic heterocycles. The number of nitrogens with zero attached hydrogens (tertiary/aromatic N) is 1. The summed E-state index contributed by atoms with van der Waals surface area (Å²) in [6.45, 7) is 2.67. The molecule has 0 spiro atoms. The van der Waals surface area contributed by atoms with E-state index in [-0.39, 0.29) is 29.7 Å². The maximum absolute atomic E-state index is 12.9. The van der Waals surface area contributed by atoms with Crippen LogP contribution in [-0.4, -0.2) is 49.6 Å². The predicted molar refractivity (Wildman–Crippen MR) is 113 cm³/mol. The van der Waals surface area contributed by atoms with Crippen molar-refractivity contribution >= 4 is 34.8 Å². The quantitative estimate of drug-likeness (QED) is 0.637. The van der Waals surface area contributed by atoms with Crippen LogP contribution in [0.4, 0.5) is 24.5 Å². The number of ether oxygens (including phenoxy) is 2. The van der Waals surface area contributed by atoms with Crippen LogP contribution in [0.5, 0.6) is 11.5 Å². The smallest absolute Gasteiger partial charge is 0.416 e. The number of nitrogens with one attached hydrogen (secondary N) is 2. The fourth-order valence-electron chi connectivity index (χ4n) is 2.99. The molecule has 2 aromatic carbocycles. The molecule has 0 fully saturated rings. The third-order valence-electron chi connectivity index (χ3n) is 4.58. The lowest BCUT2D eigenvalue weighted by atomic mass is 10.2. The Morgan fingerprint density at radius 3 is 2.31 bits per heavy atom. The second kappa shape index (κ2) is 10.1.